The van der Waals surface area contributed by atoms with Gasteiger partial charge in [0.05, 0.1) is 0 Å². The molecule has 0 unspecified atom stereocenters. The molecular formula is C7H6N2. The van der Waals surface area contributed by atoms with Crippen LogP contribution in [-0.4, -0.2) is 4.98 Å². The second-order valence-electron chi connectivity index (χ2n) is 1.59. The molecule has 2 heteroatoms. The van der Waals surface area contributed by atoms with Crippen LogP contribution in [0.25, 0.3) is 0 Å². The molecule has 0 atom stereocenters. The third-order valence-corrected chi connectivity index (χ3v) is 0.919. The lowest BCUT2D eigenvalue weighted by Gasteiger charge is -1.89. The highest BCUT2D eigenvalue weighted by molar-refractivity contribution is 5.34. The van der Waals surface area contributed by atoms with Gasteiger partial charge in [-0.2, -0.15) is 0 Å². The third kappa shape index (κ3) is 1.20. The van der Waals surface area contributed by atoms with Gasteiger partial charge in [0.25, 0.3) is 0 Å². The van der Waals surface area contributed by atoms with E-state index in [1.54, 1.807) is 18.2 Å². The van der Waals surface area contributed by atoms with Crippen LogP contribution in [0.15, 0.2) is 18.2 Å². The summed E-state index contributed by atoms with van der Waals surface area (Å²) in [5.41, 5.74) is 5.91. The lowest BCUT2D eigenvalue weighted by atomic mass is 10.3. The van der Waals surface area contributed by atoms with Gasteiger partial charge < -0.3 is 5.73 Å². The summed E-state index contributed by atoms with van der Waals surface area (Å²) >= 11 is 0. The normalized spacial score (nSPS) is 8.33. The van der Waals surface area contributed by atoms with Crippen LogP contribution < -0.4 is 5.73 Å². The second kappa shape index (κ2) is 2.19. The molecule has 9 heavy (non-hydrogen) atoms. The van der Waals surface area contributed by atoms with Gasteiger partial charge in [-0.15, -0.1) is 6.42 Å². The number of pyridine rings is 1. The highest BCUT2D eigenvalue weighted by atomic mass is 14.8. The summed E-state index contributed by atoms with van der Waals surface area (Å²) in [5.74, 6) is 2.84. The predicted molar refractivity (Wildman–Crippen MR) is 36.6 cm³/mol. The minimum atomic E-state index is 0.463. The van der Waals surface area contributed by atoms with E-state index in [1.807, 2.05) is 0 Å². The molecule has 2 nitrogen and oxygen atoms in total. The van der Waals surface area contributed by atoms with Gasteiger partial charge in [-0.25, -0.2) is 4.98 Å². The summed E-state index contributed by atoms with van der Waals surface area (Å²) < 4.78 is 0. The van der Waals surface area contributed by atoms with Gasteiger partial charge in [-0.05, 0) is 12.1 Å². The van der Waals surface area contributed by atoms with Gasteiger partial charge in [0, 0.05) is 0 Å². The minimum Gasteiger partial charge on any atom is -0.384 e. The molecule has 0 fully saturated rings. The maximum absolute atomic E-state index is 5.33. The lowest BCUT2D eigenvalue weighted by molar-refractivity contribution is 1.30. The third-order valence-electron chi connectivity index (χ3n) is 0.919. The monoisotopic (exact) mass is 118 g/mol. The molecule has 2 N–H and O–H groups in total. The molecule has 0 bridgehead atoms. The summed E-state index contributed by atoms with van der Waals surface area (Å²) in [6, 6.07) is 5.20. The molecule has 0 aliphatic carbocycles. The van der Waals surface area contributed by atoms with Crippen LogP contribution in [0.4, 0.5) is 5.82 Å². The van der Waals surface area contributed by atoms with E-state index in [9.17, 15) is 0 Å². The first-order chi connectivity index (χ1) is 4.33. The average Bonchev–Trinajstić information content (AvgIpc) is 1.88. The number of anilines is 1. The van der Waals surface area contributed by atoms with Gasteiger partial charge >= 0.3 is 0 Å². The van der Waals surface area contributed by atoms with E-state index in [-0.39, 0.29) is 0 Å². The number of hydrogen-bond acceptors (Lipinski definition) is 2. The van der Waals surface area contributed by atoms with Crippen molar-refractivity contribution >= 4 is 5.82 Å². The number of hydrogen-bond donors (Lipinski definition) is 1. The Morgan fingerprint density at radius 2 is 2.33 bits per heavy atom. The largest absolute Gasteiger partial charge is 0.384 e. The standard InChI is InChI=1S/C7H6N2/c1-2-6-4-3-5-7(8)9-6/h1,3-5H,(H2,8,9). The van der Waals surface area contributed by atoms with Crippen molar-refractivity contribution < 1.29 is 0 Å². The maximum Gasteiger partial charge on any atom is 0.124 e. The smallest absolute Gasteiger partial charge is 0.124 e. The molecule has 44 valence electrons. The van der Waals surface area contributed by atoms with Crippen LogP contribution in [0.1, 0.15) is 5.69 Å². The topological polar surface area (TPSA) is 38.9 Å². The van der Waals surface area contributed by atoms with Crippen LogP contribution in [-0.2, 0) is 0 Å². The van der Waals surface area contributed by atoms with E-state index >= 15 is 0 Å². The number of nitrogens with zero attached hydrogens (tertiary/aromatic N) is 1. The zero-order valence-corrected chi connectivity index (χ0v) is 4.83. The molecule has 0 aliphatic rings. The highest BCUT2D eigenvalue weighted by Crippen LogP contribution is 1.96. The van der Waals surface area contributed by atoms with Gasteiger partial charge in [-0.1, -0.05) is 12.0 Å². The SMILES string of the molecule is C#Cc1cccc(N)n1. The van der Waals surface area contributed by atoms with Crippen molar-refractivity contribution in [3.63, 3.8) is 0 Å². The Hall–Kier alpha value is -1.49. The fraction of sp³-hybridized carbons (Fsp3) is 0. The zero-order valence-electron chi connectivity index (χ0n) is 4.83. The van der Waals surface area contributed by atoms with Crippen molar-refractivity contribution in [3.8, 4) is 12.3 Å². The van der Waals surface area contributed by atoms with E-state index in [2.05, 4.69) is 10.9 Å². The molecule has 0 radical (unpaired) electrons. The molecule has 1 aromatic rings. The number of terminal acetylenes is 1. The quantitative estimate of drug-likeness (QED) is 0.508. The second-order valence-corrected chi connectivity index (χ2v) is 1.59. The summed E-state index contributed by atoms with van der Waals surface area (Å²) in [5, 5.41) is 0. The average molecular weight is 118 g/mol. The van der Waals surface area contributed by atoms with Crippen LogP contribution in [0, 0.1) is 12.3 Å². The molecule has 1 aromatic heterocycles. The fourth-order valence-corrected chi connectivity index (χ4v) is 0.532. The fourth-order valence-electron chi connectivity index (χ4n) is 0.532. The Labute approximate surface area is 53.7 Å². The van der Waals surface area contributed by atoms with E-state index in [1.165, 1.54) is 0 Å². The molecule has 0 saturated heterocycles. The molecule has 1 heterocycles. The van der Waals surface area contributed by atoms with E-state index < -0.39 is 0 Å². The van der Waals surface area contributed by atoms with E-state index in [0.29, 0.717) is 11.5 Å². The Morgan fingerprint density at radius 1 is 1.56 bits per heavy atom. The van der Waals surface area contributed by atoms with Crippen molar-refractivity contribution in [2.45, 2.75) is 0 Å². The number of nitrogen functional groups attached to an aromatic ring is 1. The van der Waals surface area contributed by atoms with Gasteiger partial charge in [0.1, 0.15) is 11.5 Å². The van der Waals surface area contributed by atoms with Gasteiger partial charge in [-0.3, -0.25) is 0 Å². The molecule has 0 spiro atoms. The van der Waals surface area contributed by atoms with Gasteiger partial charge in [0.15, 0.2) is 0 Å². The molecule has 0 amide bonds. The van der Waals surface area contributed by atoms with E-state index in [0.717, 1.165) is 0 Å². The first-order valence-corrected chi connectivity index (χ1v) is 2.52. The highest BCUT2D eigenvalue weighted by Gasteiger charge is 1.85. The van der Waals surface area contributed by atoms with Crippen LogP contribution in [0.3, 0.4) is 0 Å². The number of aromatic nitrogens is 1. The molecule has 0 saturated carbocycles. The molecule has 0 aromatic carbocycles. The predicted octanol–water partition coefficient (Wildman–Crippen LogP) is 0.645. The summed E-state index contributed by atoms with van der Waals surface area (Å²) in [4.78, 5) is 3.83. The Bertz CT molecular complexity index is 247. The first kappa shape index (κ1) is 5.64. The Kier molecular flexibility index (Phi) is 1.37. The Balaban J connectivity index is 3.12. The van der Waals surface area contributed by atoms with Crippen molar-refractivity contribution in [1.29, 1.82) is 0 Å². The molecule has 1 rings (SSSR count). The van der Waals surface area contributed by atoms with Crippen molar-refractivity contribution in [1.82, 2.24) is 4.98 Å². The molecular weight excluding hydrogens is 112 g/mol. The van der Waals surface area contributed by atoms with Crippen LogP contribution in [0.5, 0.6) is 0 Å². The lowest BCUT2D eigenvalue weighted by Crippen LogP contribution is -1.90. The van der Waals surface area contributed by atoms with Crippen molar-refractivity contribution in [2.24, 2.45) is 0 Å². The van der Waals surface area contributed by atoms with Crippen molar-refractivity contribution in [2.75, 3.05) is 5.73 Å². The summed E-state index contributed by atoms with van der Waals surface area (Å²) in [7, 11) is 0. The maximum atomic E-state index is 5.33. The van der Waals surface area contributed by atoms with Gasteiger partial charge in [0.2, 0.25) is 0 Å². The first-order valence-electron chi connectivity index (χ1n) is 2.52. The molecule has 0 aliphatic heterocycles. The minimum absolute atomic E-state index is 0.463. The zero-order chi connectivity index (χ0) is 6.69. The summed E-state index contributed by atoms with van der Waals surface area (Å²) in [6.45, 7) is 0. The van der Waals surface area contributed by atoms with Crippen LogP contribution >= 0.6 is 0 Å². The number of nitrogens with two attached hydrogens (primary N) is 1. The van der Waals surface area contributed by atoms with Crippen molar-refractivity contribution in [3.05, 3.63) is 23.9 Å². The number of rotatable bonds is 0. The summed E-state index contributed by atoms with van der Waals surface area (Å²) in [6.07, 6.45) is 5.05. The van der Waals surface area contributed by atoms with Crippen LogP contribution in [0.2, 0.25) is 0 Å². The Morgan fingerprint density at radius 3 is 2.78 bits per heavy atom. The van der Waals surface area contributed by atoms with E-state index in [4.69, 9.17) is 12.2 Å².